The van der Waals surface area contributed by atoms with Crippen LogP contribution in [0, 0.1) is 5.82 Å². The SMILES string of the molecule is COC(=O)c1nc(-c2c(F)cccc2Br)sc1C(C)=O. The number of carbonyl (C=O) groups is 2. The van der Waals surface area contributed by atoms with Gasteiger partial charge >= 0.3 is 5.97 Å². The first kappa shape index (κ1) is 14.8. The Morgan fingerprint density at radius 2 is 2.10 bits per heavy atom. The van der Waals surface area contributed by atoms with E-state index in [2.05, 4.69) is 25.7 Å². The zero-order valence-electron chi connectivity index (χ0n) is 10.6. The van der Waals surface area contributed by atoms with Crippen molar-refractivity contribution in [3.05, 3.63) is 39.1 Å². The minimum absolute atomic E-state index is 0.0878. The molecule has 0 N–H and O–H groups in total. The van der Waals surface area contributed by atoms with Crippen LogP contribution < -0.4 is 0 Å². The van der Waals surface area contributed by atoms with Crippen LogP contribution in [0.25, 0.3) is 10.6 Å². The highest BCUT2D eigenvalue weighted by atomic mass is 79.9. The van der Waals surface area contributed by atoms with Gasteiger partial charge in [-0.15, -0.1) is 11.3 Å². The van der Waals surface area contributed by atoms with E-state index in [1.165, 1.54) is 20.1 Å². The van der Waals surface area contributed by atoms with Gasteiger partial charge in [0.1, 0.15) is 15.7 Å². The predicted molar refractivity (Wildman–Crippen MR) is 76.6 cm³/mol. The van der Waals surface area contributed by atoms with Gasteiger partial charge in [-0.25, -0.2) is 14.2 Å². The van der Waals surface area contributed by atoms with Gasteiger partial charge in [-0.2, -0.15) is 0 Å². The summed E-state index contributed by atoms with van der Waals surface area (Å²) in [5, 5.41) is 0.251. The average Bonchev–Trinajstić information content (AvgIpc) is 2.82. The highest BCUT2D eigenvalue weighted by Crippen LogP contribution is 2.35. The molecule has 1 aromatic heterocycles. The van der Waals surface area contributed by atoms with E-state index in [1.54, 1.807) is 12.1 Å². The fourth-order valence-corrected chi connectivity index (χ4v) is 3.27. The van der Waals surface area contributed by atoms with Gasteiger partial charge in [0.25, 0.3) is 0 Å². The number of methoxy groups -OCH3 is 1. The van der Waals surface area contributed by atoms with E-state index >= 15 is 0 Å². The lowest BCUT2D eigenvalue weighted by atomic mass is 10.2. The second kappa shape index (κ2) is 5.80. The lowest BCUT2D eigenvalue weighted by Crippen LogP contribution is -2.06. The third-order valence-electron chi connectivity index (χ3n) is 2.50. The number of hydrogen-bond donors (Lipinski definition) is 0. The highest BCUT2D eigenvalue weighted by Gasteiger charge is 2.24. The van der Waals surface area contributed by atoms with Crippen molar-refractivity contribution in [2.24, 2.45) is 0 Å². The van der Waals surface area contributed by atoms with Crippen LogP contribution in [-0.4, -0.2) is 23.8 Å². The summed E-state index contributed by atoms with van der Waals surface area (Å²) in [6, 6.07) is 4.49. The molecule has 0 atom stereocenters. The van der Waals surface area contributed by atoms with Gasteiger partial charge in [0.15, 0.2) is 11.5 Å². The largest absolute Gasteiger partial charge is 0.464 e. The number of nitrogens with zero attached hydrogens (tertiary/aromatic N) is 1. The molecular formula is C13H9BrFNO3S. The summed E-state index contributed by atoms with van der Waals surface area (Å²) in [6.07, 6.45) is 0. The van der Waals surface area contributed by atoms with Gasteiger partial charge < -0.3 is 4.74 Å². The number of esters is 1. The van der Waals surface area contributed by atoms with Crippen molar-refractivity contribution in [3.63, 3.8) is 0 Å². The highest BCUT2D eigenvalue weighted by molar-refractivity contribution is 9.10. The topological polar surface area (TPSA) is 56.3 Å². The molecule has 0 spiro atoms. The maximum atomic E-state index is 13.9. The zero-order valence-corrected chi connectivity index (χ0v) is 13.0. The number of benzene rings is 1. The van der Waals surface area contributed by atoms with E-state index in [0.29, 0.717) is 4.47 Å². The Balaban J connectivity index is 2.65. The van der Waals surface area contributed by atoms with Crippen LogP contribution in [0.4, 0.5) is 4.39 Å². The average molecular weight is 358 g/mol. The first-order valence-electron chi connectivity index (χ1n) is 5.50. The third kappa shape index (κ3) is 2.64. The summed E-state index contributed by atoms with van der Waals surface area (Å²) >= 11 is 4.20. The quantitative estimate of drug-likeness (QED) is 0.620. The van der Waals surface area contributed by atoms with Crippen molar-refractivity contribution in [1.82, 2.24) is 4.98 Å². The molecular weight excluding hydrogens is 349 g/mol. The Morgan fingerprint density at radius 3 is 2.65 bits per heavy atom. The van der Waals surface area contributed by atoms with Gasteiger partial charge in [-0.3, -0.25) is 4.79 Å². The van der Waals surface area contributed by atoms with Gasteiger partial charge in [-0.05, 0) is 28.1 Å². The van der Waals surface area contributed by atoms with Crippen LogP contribution in [-0.2, 0) is 4.74 Å². The minimum atomic E-state index is -0.717. The maximum absolute atomic E-state index is 13.9. The molecule has 0 unspecified atom stereocenters. The summed E-state index contributed by atoms with van der Waals surface area (Å²) in [5.41, 5.74) is 0.130. The van der Waals surface area contributed by atoms with Crippen LogP contribution in [0.5, 0.6) is 0 Å². The molecule has 20 heavy (non-hydrogen) atoms. The number of rotatable bonds is 3. The van der Waals surface area contributed by atoms with Crippen molar-refractivity contribution in [1.29, 1.82) is 0 Å². The Hall–Kier alpha value is -1.60. The molecule has 4 nitrogen and oxygen atoms in total. The summed E-state index contributed by atoms with van der Waals surface area (Å²) < 4.78 is 19.0. The minimum Gasteiger partial charge on any atom is -0.464 e. The van der Waals surface area contributed by atoms with Crippen molar-refractivity contribution < 1.29 is 18.7 Å². The van der Waals surface area contributed by atoms with E-state index in [9.17, 15) is 14.0 Å². The van der Waals surface area contributed by atoms with Crippen LogP contribution in [0.3, 0.4) is 0 Å². The van der Waals surface area contributed by atoms with Gasteiger partial charge in [-0.1, -0.05) is 6.07 Å². The van der Waals surface area contributed by atoms with Gasteiger partial charge in [0.05, 0.1) is 12.7 Å². The molecule has 0 bridgehead atoms. The second-order valence-corrected chi connectivity index (χ2v) is 5.69. The molecule has 0 saturated carbocycles. The number of ketones is 1. The van der Waals surface area contributed by atoms with Crippen LogP contribution in [0.15, 0.2) is 22.7 Å². The lowest BCUT2D eigenvalue weighted by molar-refractivity contribution is 0.0591. The molecule has 0 amide bonds. The van der Waals surface area contributed by atoms with Gasteiger partial charge in [0, 0.05) is 11.4 Å². The molecule has 7 heteroatoms. The van der Waals surface area contributed by atoms with E-state index in [4.69, 9.17) is 0 Å². The zero-order chi connectivity index (χ0) is 14.9. The van der Waals surface area contributed by atoms with Crippen molar-refractivity contribution in [2.45, 2.75) is 6.92 Å². The fraction of sp³-hybridized carbons (Fsp3) is 0.154. The monoisotopic (exact) mass is 357 g/mol. The van der Waals surface area contributed by atoms with Crippen LogP contribution in [0.2, 0.25) is 0 Å². The molecule has 0 saturated heterocycles. The number of thiazole rings is 1. The van der Waals surface area contributed by atoms with Crippen molar-refractivity contribution in [3.8, 4) is 10.6 Å². The van der Waals surface area contributed by atoms with Gasteiger partial charge in [0.2, 0.25) is 0 Å². The first-order chi connectivity index (χ1) is 9.45. The van der Waals surface area contributed by atoms with Crippen LogP contribution in [0.1, 0.15) is 27.1 Å². The maximum Gasteiger partial charge on any atom is 0.358 e. The Morgan fingerprint density at radius 1 is 1.40 bits per heavy atom. The second-order valence-electron chi connectivity index (χ2n) is 3.84. The summed E-state index contributed by atoms with van der Waals surface area (Å²) in [6.45, 7) is 1.32. The lowest BCUT2D eigenvalue weighted by Gasteiger charge is -2.01. The fourth-order valence-electron chi connectivity index (χ4n) is 1.60. The Bertz CT molecular complexity index is 679. The summed E-state index contributed by atoms with van der Waals surface area (Å²) in [5.74, 6) is -1.52. The molecule has 104 valence electrons. The molecule has 0 radical (unpaired) electrons. The molecule has 0 fully saturated rings. The van der Waals surface area contributed by atoms with E-state index in [1.807, 2.05) is 0 Å². The molecule has 1 heterocycles. The van der Waals surface area contributed by atoms with Crippen LogP contribution >= 0.6 is 27.3 Å². The number of aromatic nitrogens is 1. The molecule has 2 rings (SSSR count). The number of hydrogen-bond acceptors (Lipinski definition) is 5. The Kier molecular flexibility index (Phi) is 4.29. The number of ether oxygens (including phenoxy) is 1. The first-order valence-corrected chi connectivity index (χ1v) is 7.11. The summed E-state index contributed by atoms with van der Waals surface area (Å²) in [7, 11) is 1.20. The van der Waals surface area contributed by atoms with E-state index in [0.717, 1.165) is 11.3 Å². The third-order valence-corrected chi connectivity index (χ3v) is 4.34. The molecule has 1 aromatic carbocycles. The number of halogens is 2. The summed E-state index contributed by atoms with van der Waals surface area (Å²) in [4.78, 5) is 27.4. The standard InChI is InChI=1S/C13H9BrFNO3S/c1-6(17)11-10(13(18)19-2)16-12(20-11)9-7(14)4-3-5-8(9)15/h3-5H,1-2H3. The Labute approximate surface area is 126 Å². The molecule has 2 aromatic rings. The number of Topliss-reactive ketones (excluding diaryl/α,β-unsaturated/α-hetero) is 1. The number of carbonyl (C=O) groups excluding carboxylic acids is 2. The van der Waals surface area contributed by atoms with Crippen molar-refractivity contribution in [2.75, 3.05) is 7.11 Å². The van der Waals surface area contributed by atoms with Crippen molar-refractivity contribution >= 4 is 39.0 Å². The predicted octanol–water partition coefficient (Wildman–Crippen LogP) is 3.70. The van der Waals surface area contributed by atoms with E-state index in [-0.39, 0.29) is 26.9 Å². The normalized spacial score (nSPS) is 10.4. The molecule has 0 aliphatic heterocycles. The molecule has 0 aliphatic rings. The smallest absolute Gasteiger partial charge is 0.358 e. The molecule has 0 aliphatic carbocycles. The van der Waals surface area contributed by atoms with E-state index < -0.39 is 11.8 Å².